The van der Waals surface area contributed by atoms with Crippen LogP contribution in [0.3, 0.4) is 0 Å². The number of benzene rings is 1. The standard InChI is InChI=1S/C22H31N3O5/c1-6-10-27-21-14(2)19-20(30-22(3,4)29-19)18(28-21)13-25-12-17(23-24-25)15-8-7-9-16(11-15)26-5/h6-9,11,14,17-21H,1,10,12-13H2,2-5H3. The van der Waals surface area contributed by atoms with Gasteiger partial charge >= 0.3 is 0 Å². The zero-order valence-corrected chi connectivity index (χ0v) is 18.1. The van der Waals surface area contributed by atoms with E-state index in [0.717, 1.165) is 11.3 Å². The molecule has 0 radical (unpaired) electrons. The van der Waals surface area contributed by atoms with Crippen LogP contribution in [0.25, 0.3) is 0 Å². The van der Waals surface area contributed by atoms with Crippen molar-refractivity contribution in [3.63, 3.8) is 0 Å². The fourth-order valence-corrected chi connectivity index (χ4v) is 4.29. The number of ether oxygens (including phenoxy) is 5. The monoisotopic (exact) mass is 417 g/mol. The molecule has 2 saturated heterocycles. The summed E-state index contributed by atoms with van der Waals surface area (Å²) in [6.45, 7) is 11.3. The Kier molecular flexibility index (Phi) is 6.11. The van der Waals surface area contributed by atoms with E-state index in [1.165, 1.54) is 0 Å². The molecule has 6 atom stereocenters. The second-order valence-corrected chi connectivity index (χ2v) is 8.46. The Labute approximate surface area is 177 Å². The highest BCUT2D eigenvalue weighted by molar-refractivity contribution is 5.31. The molecule has 6 unspecified atom stereocenters. The zero-order chi connectivity index (χ0) is 21.3. The van der Waals surface area contributed by atoms with Crippen molar-refractivity contribution >= 4 is 0 Å². The van der Waals surface area contributed by atoms with E-state index in [4.69, 9.17) is 23.7 Å². The highest BCUT2D eigenvalue weighted by atomic mass is 16.8. The first-order chi connectivity index (χ1) is 14.4. The second kappa shape index (κ2) is 8.63. The van der Waals surface area contributed by atoms with E-state index in [-0.39, 0.29) is 36.6 Å². The molecule has 8 nitrogen and oxygen atoms in total. The molecule has 2 fully saturated rings. The van der Waals surface area contributed by atoms with Gasteiger partial charge in [0, 0.05) is 5.92 Å². The number of fused-ring (bicyclic) bond motifs is 1. The van der Waals surface area contributed by atoms with E-state index in [2.05, 4.69) is 23.8 Å². The molecule has 164 valence electrons. The summed E-state index contributed by atoms with van der Waals surface area (Å²) < 4.78 is 29.9. The van der Waals surface area contributed by atoms with Crippen molar-refractivity contribution in [3.05, 3.63) is 42.5 Å². The van der Waals surface area contributed by atoms with Gasteiger partial charge in [-0.15, -0.1) is 6.58 Å². The largest absolute Gasteiger partial charge is 0.497 e. The molecule has 0 aromatic heterocycles. The Morgan fingerprint density at radius 2 is 2.10 bits per heavy atom. The van der Waals surface area contributed by atoms with E-state index >= 15 is 0 Å². The topological polar surface area (TPSA) is 74.1 Å². The van der Waals surface area contributed by atoms with Crippen LogP contribution in [0.5, 0.6) is 5.75 Å². The Bertz CT molecular complexity index is 786. The van der Waals surface area contributed by atoms with Crippen LogP contribution in [0.2, 0.25) is 0 Å². The van der Waals surface area contributed by atoms with Crippen LogP contribution in [-0.4, -0.2) is 62.2 Å². The predicted molar refractivity (Wildman–Crippen MR) is 110 cm³/mol. The van der Waals surface area contributed by atoms with Crippen molar-refractivity contribution in [1.82, 2.24) is 5.01 Å². The number of hydrogen-bond donors (Lipinski definition) is 0. The van der Waals surface area contributed by atoms with Crippen molar-refractivity contribution in [2.45, 2.75) is 57.2 Å². The Morgan fingerprint density at radius 1 is 1.30 bits per heavy atom. The van der Waals surface area contributed by atoms with Crippen molar-refractivity contribution < 1.29 is 23.7 Å². The summed E-state index contributed by atoms with van der Waals surface area (Å²) in [7, 11) is 1.66. The maximum absolute atomic E-state index is 6.31. The lowest BCUT2D eigenvalue weighted by molar-refractivity contribution is -0.255. The van der Waals surface area contributed by atoms with Crippen LogP contribution in [-0.2, 0) is 18.9 Å². The van der Waals surface area contributed by atoms with Crippen molar-refractivity contribution in [3.8, 4) is 5.75 Å². The van der Waals surface area contributed by atoms with Gasteiger partial charge in [0.15, 0.2) is 12.1 Å². The van der Waals surface area contributed by atoms with E-state index < -0.39 is 5.79 Å². The van der Waals surface area contributed by atoms with E-state index in [1.807, 2.05) is 43.1 Å². The molecule has 4 rings (SSSR count). The second-order valence-electron chi connectivity index (χ2n) is 8.46. The number of methoxy groups -OCH3 is 1. The molecule has 1 aromatic rings. The van der Waals surface area contributed by atoms with E-state index in [1.54, 1.807) is 13.2 Å². The minimum Gasteiger partial charge on any atom is -0.497 e. The number of hydrogen-bond acceptors (Lipinski definition) is 8. The van der Waals surface area contributed by atoms with Gasteiger partial charge in [0.05, 0.1) is 32.9 Å². The van der Waals surface area contributed by atoms with Crippen LogP contribution in [0, 0.1) is 5.92 Å². The zero-order valence-electron chi connectivity index (χ0n) is 18.1. The van der Waals surface area contributed by atoms with Gasteiger partial charge in [-0.25, -0.2) is 0 Å². The Balaban J connectivity index is 1.44. The molecule has 1 aromatic carbocycles. The molecule has 8 heteroatoms. The predicted octanol–water partition coefficient (Wildman–Crippen LogP) is 3.50. The molecule has 3 heterocycles. The first-order valence-electron chi connectivity index (χ1n) is 10.4. The normalized spacial score (nSPS) is 34.7. The summed E-state index contributed by atoms with van der Waals surface area (Å²) in [5.41, 5.74) is 1.07. The van der Waals surface area contributed by atoms with Gasteiger partial charge < -0.3 is 23.7 Å². The molecule has 3 aliphatic rings. The summed E-state index contributed by atoms with van der Waals surface area (Å²) in [4.78, 5) is 0. The Morgan fingerprint density at radius 3 is 2.87 bits per heavy atom. The van der Waals surface area contributed by atoms with E-state index in [9.17, 15) is 0 Å². The average molecular weight is 418 g/mol. The van der Waals surface area contributed by atoms with Crippen LogP contribution in [0.15, 0.2) is 47.3 Å². The molecule has 0 bridgehead atoms. The van der Waals surface area contributed by atoms with Gasteiger partial charge in [-0.1, -0.05) is 30.4 Å². The molecule has 3 aliphatic heterocycles. The Hall–Kier alpha value is -2.00. The van der Waals surface area contributed by atoms with Gasteiger partial charge in [-0.2, -0.15) is 5.11 Å². The SMILES string of the molecule is C=CCOC1OC(CN2CC(c3cccc(OC)c3)N=N2)C2OC(C)(C)OC2C1C. The summed E-state index contributed by atoms with van der Waals surface area (Å²) in [6, 6.07) is 7.89. The van der Waals surface area contributed by atoms with Crippen LogP contribution in [0.1, 0.15) is 32.4 Å². The van der Waals surface area contributed by atoms with Gasteiger partial charge in [-0.3, -0.25) is 5.01 Å². The third kappa shape index (κ3) is 4.37. The fraction of sp³-hybridized carbons (Fsp3) is 0.636. The molecule has 0 saturated carbocycles. The van der Waals surface area contributed by atoms with Crippen molar-refractivity contribution in [2.75, 3.05) is 26.8 Å². The number of rotatable bonds is 7. The lowest BCUT2D eigenvalue weighted by Crippen LogP contribution is -2.55. The van der Waals surface area contributed by atoms with Crippen LogP contribution < -0.4 is 4.74 Å². The molecule has 0 N–H and O–H groups in total. The summed E-state index contributed by atoms with van der Waals surface area (Å²) in [5.74, 6) is 0.195. The van der Waals surface area contributed by atoms with Gasteiger partial charge in [-0.05, 0) is 31.5 Å². The van der Waals surface area contributed by atoms with Gasteiger partial charge in [0.25, 0.3) is 0 Å². The quantitative estimate of drug-likeness (QED) is 0.632. The lowest BCUT2D eigenvalue weighted by Gasteiger charge is -2.41. The third-order valence-corrected chi connectivity index (χ3v) is 5.74. The fourth-order valence-electron chi connectivity index (χ4n) is 4.29. The average Bonchev–Trinajstić information content (AvgIpc) is 3.33. The highest BCUT2D eigenvalue weighted by Crippen LogP contribution is 2.41. The molecule has 30 heavy (non-hydrogen) atoms. The molecule has 0 spiro atoms. The third-order valence-electron chi connectivity index (χ3n) is 5.74. The number of nitrogens with zero attached hydrogens (tertiary/aromatic N) is 3. The molecule has 0 aliphatic carbocycles. The smallest absolute Gasteiger partial charge is 0.163 e. The van der Waals surface area contributed by atoms with Gasteiger partial charge in [0.2, 0.25) is 0 Å². The summed E-state index contributed by atoms with van der Waals surface area (Å²) in [5, 5.41) is 10.8. The maximum Gasteiger partial charge on any atom is 0.163 e. The van der Waals surface area contributed by atoms with Crippen LogP contribution in [0.4, 0.5) is 0 Å². The van der Waals surface area contributed by atoms with Gasteiger partial charge in [0.1, 0.15) is 24.0 Å². The lowest BCUT2D eigenvalue weighted by atomic mass is 9.92. The minimum absolute atomic E-state index is 0.0385. The van der Waals surface area contributed by atoms with E-state index in [0.29, 0.717) is 19.7 Å². The molecular weight excluding hydrogens is 386 g/mol. The molecular formula is C22H31N3O5. The van der Waals surface area contributed by atoms with Crippen molar-refractivity contribution in [2.24, 2.45) is 16.3 Å². The first kappa shape index (κ1) is 21.2. The first-order valence-corrected chi connectivity index (χ1v) is 10.4. The molecule has 0 amide bonds. The summed E-state index contributed by atoms with van der Waals surface area (Å²) in [6.07, 6.45) is 0.791. The minimum atomic E-state index is -0.659. The van der Waals surface area contributed by atoms with Crippen molar-refractivity contribution in [1.29, 1.82) is 0 Å². The maximum atomic E-state index is 6.31. The summed E-state index contributed by atoms with van der Waals surface area (Å²) >= 11 is 0. The highest BCUT2D eigenvalue weighted by Gasteiger charge is 2.54. The van der Waals surface area contributed by atoms with Crippen LogP contribution >= 0.6 is 0 Å².